The van der Waals surface area contributed by atoms with E-state index in [1.807, 2.05) is 0 Å². The minimum atomic E-state index is -1.05. The number of carbonyl (C=O) groups is 2. The first-order chi connectivity index (χ1) is 10.9. The first-order valence-corrected chi connectivity index (χ1v) is 6.78. The Labute approximate surface area is 130 Å². The number of anilines is 1. The number of carboxylic acid groups (broad SMARTS) is 1. The maximum Gasteiger partial charge on any atom is 0.337 e. The molecule has 8 nitrogen and oxygen atoms in total. The van der Waals surface area contributed by atoms with E-state index < -0.39 is 5.97 Å². The number of amides is 1. The molecule has 0 atom stereocenters. The molecule has 0 saturated carbocycles. The fraction of sp³-hybridized carbons (Fsp3) is 0.133. The Kier molecular flexibility index (Phi) is 3.49. The van der Waals surface area contributed by atoms with Crippen molar-refractivity contribution in [1.82, 2.24) is 19.6 Å². The Morgan fingerprint density at radius 2 is 2.09 bits per heavy atom. The van der Waals surface area contributed by atoms with E-state index in [2.05, 4.69) is 20.4 Å². The summed E-state index contributed by atoms with van der Waals surface area (Å²) in [6.07, 6.45) is 2.90. The zero-order valence-corrected chi connectivity index (χ0v) is 12.4. The lowest BCUT2D eigenvalue weighted by molar-refractivity contribution is -0.114. The number of aryl methyl sites for hydroxylation is 1. The summed E-state index contributed by atoms with van der Waals surface area (Å²) in [5, 5.41) is 16.1. The Balaban J connectivity index is 2.08. The molecule has 2 N–H and O–H groups in total. The van der Waals surface area contributed by atoms with Crippen molar-refractivity contribution in [3.63, 3.8) is 0 Å². The number of pyridine rings is 1. The van der Waals surface area contributed by atoms with Gasteiger partial charge < -0.3 is 10.4 Å². The molecule has 3 aromatic rings. The van der Waals surface area contributed by atoms with E-state index in [1.54, 1.807) is 25.3 Å². The summed E-state index contributed by atoms with van der Waals surface area (Å²) in [6, 6.07) is 5.00. The summed E-state index contributed by atoms with van der Waals surface area (Å²) in [5.41, 5.74) is 2.53. The van der Waals surface area contributed by atoms with Crippen LogP contribution in [0, 0.1) is 6.92 Å². The van der Waals surface area contributed by atoms with Crippen LogP contribution in [0.4, 0.5) is 5.82 Å². The molecule has 0 bridgehead atoms. The predicted octanol–water partition coefficient (Wildman–Crippen LogP) is 1.76. The number of hydrogen-bond donors (Lipinski definition) is 2. The van der Waals surface area contributed by atoms with E-state index in [1.165, 1.54) is 23.7 Å². The van der Waals surface area contributed by atoms with Gasteiger partial charge in [0.15, 0.2) is 11.5 Å². The maximum absolute atomic E-state index is 11.1. The molecule has 0 aliphatic carbocycles. The van der Waals surface area contributed by atoms with Gasteiger partial charge in [-0.1, -0.05) is 0 Å². The fourth-order valence-corrected chi connectivity index (χ4v) is 2.18. The van der Waals surface area contributed by atoms with Crippen LogP contribution in [-0.4, -0.2) is 36.6 Å². The monoisotopic (exact) mass is 311 g/mol. The van der Waals surface area contributed by atoms with Gasteiger partial charge in [-0.2, -0.15) is 5.10 Å². The van der Waals surface area contributed by atoms with Gasteiger partial charge in [0.1, 0.15) is 0 Å². The quantitative estimate of drug-likeness (QED) is 0.762. The van der Waals surface area contributed by atoms with Crippen molar-refractivity contribution >= 4 is 23.3 Å². The molecule has 0 aliphatic heterocycles. The third-order valence-electron chi connectivity index (χ3n) is 3.23. The normalized spacial score (nSPS) is 10.7. The molecule has 3 aromatic heterocycles. The van der Waals surface area contributed by atoms with Crippen LogP contribution in [0.1, 0.15) is 23.0 Å². The zero-order chi connectivity index (χ0) is 16.6. The standard InChI is InChI=1S/C15H13N5O3/c1-8-11(5-10(6-16-8)15(22)23)12-3-4-14-18-13(17-9(2)21)7-20(14)19-12/h3-7H,1-2H3,(H,17,21)(H,22,23). The molecule has 0 radical (unpaired) electrons. The minimum Gasteiger partial charge on any atom is -0.478 e. The topological polar surface area (TPSA) is 109 Å². The summed E-state index contributed by atoms with van der Waals surface area (Å²) >= 11 is 0. The summed E-state index contributed by atoms with van der Waals surface area (Å²) in [5.74, 6) is -0.866. The number of hydrogen-bond acceptors (Lipinski definition) is 5. The molecule has 0 aliphatic rings. The van der Waals surface area contributed by atoms with Gasteiger partial charge >= 0.3 is 5.97 Å². The van der Waals surface area contributed by atoms with Crippen LogP contribution in [0.3, 0.4) is 0 Å². The van der Waals surface area contributed by atoms with E-state index >= 15 is 0 Å². The Hall–Kier alpha value is -3.29. The second-order valence-electron chi connectivity index (χ2n) is 4.99. The van der Waals surface area contributed by atoms with Gasteiger partial charge in [-0.25, -0.2) is 14.3 Å². The number of carboxylic acids is 1. The molecule has 116 valence electrons. The Morgan fingerprint density at radius 3 is 2.78 bits per heavy atom. The van der Waals surface area contributed by atoms with Gasteiger partial charge in [0.05, 0.1) is 17.5 Å². The largest absolute Gasteiger partial charge is 0.478 e. The number of imidazole rings is 1. The van der Waals surface area contributed by atoms with Crippen molar-refractivity contribution in [2.24, 2.45) is 0 Å². The first kappa shape index (κ1) is 14.6. The zero-order valence-electron chi connectivity index (χ0n) is 12.4. The fourth-order valence-electron chi connectivity index (χ4n) is 2.18. The smallest absolute Gasteiger partial charge is 0.337 e. The Morgan fingerprint density at radius 1 is 1.30 bits per heavy atom. The van der Waals surface area contributed by atoms with E-state index in [0.717, 1.165) is 0 Å². The van der Waals surface area contributed by atoms with E-state index in [-0.39, 0.29) is 11.5 Å². The van der Waals surface area contributed by atoms with Crippen molar-refractivity contribution in [1.29, 1.82) is 0 Å². The highest BCUT2D eigenvalue weighted by atomic mass is 16.4. The second-order valence-corrected chi connectivity index (χ2v) is 4.99. The van der Waals surface area contributed by atoms with Crippen molar-refractivity contribution in [3.05, 3.63) is 41.9 Å². The molecule has 0 spiro atoms. The minimum absolute atomic E-state index is 0.0945. The highest BCUT2D eigenvalue weighted by Gasteiger charge is 2.12. The lowest BCUT2D eigenvalue weighted by atomic mass is 10.1. The molecule has 0 aromatic carbocycles. The van der Waals surface area contributed by atoms with Gasteiger partial charge in [-0.3, -0.25) is 9.78 Å². The summed E-state index contributed by atoms with van der Waals surface area (Å²) in [6.45, 7) is 3.18. The molecular formula is C15H13N5O3. The highest BCUT2D eigenvalue weighted by Crippen LogP contribution is 2.22. The molecule has 23 heavy (non-hydrogen) atoms. The van der Waals surface area contributed by atoms with Crippen LogP contribution >= 0.6 is 0 Å². The van der Waals surface area contributed by atoms with Crippen LogP contribution in [-0.2, 0) is 4.79 Å². The molecule has 0 saturated heterocycles. The van der Waals surface area contributed by atoms with Gasteiger partial charge in [0.25, 0.3) is 0 Å². The van der Waals surface area contributed by atoms with Gasteiger partial charge in [-0.15, -0.1) is 0 Å². The maximum atomic E-state index is 11.1. The summed E-state index contributed by atoms with van der Waals surface area (Å²) in [7, 11) is 0. The number of fused-ring (bicyclic) bond motifs is 1. The number of nitrogens with one attached hydrogen (secondary N) is 1. The van der Waals surface area contributed by atoms with Gasteiger partial charge in [0.2, 0.25) is 5.91 Å². The van der Waals surface area contributed by atoms with Crippen molar-refractivity contribution in [2.45, 2.75) is 13.8 Å². The predicted molar refractivity (Wildman–Crippen MR) is 82.2 cm³/mol. The first-order valence-electron chi connectivity index (χ1n) is 6.78. The van der Waals surface area contributed by atoms with Crippen LogP contribution in [0.15, 0.2) is 30.6 Å². The molecule has 8 heteroatoms. The molecule has 3 rings (SSSR count). The lowest BCUT2D eigenvalue weighted by Crippen LogP contribution is -2.05. The lowest BCUT2D eigenvalue weighted by Gasteiger charge is -2.06. The third kappa shape index (κ3) is 2.86. The summed E-state index contributed by atoms with van der Waals surface area (Å²) < 4.78 is 1.52. The number of nitrogens with zero attached hydrogens (tertiary/aromatic N) is 4. The van der Waals surface area contributed by atoms with Gasteiger partial charge in [-0.05, 0) is 25.1 Å². The molecule has 1 amide bonds. The van der Waals surface area contributed by atoms with Crippen molar-refractivity contribution < 1.29 is 14.7 Å². The van der Waals surface area contributed by atoms with Crippen molar-refractivity contribution in [2.75, 3.05) is 5.32 Å². The van der Waals surface area contributed by atoms with E-state index in [4.69, 9.17) is 5.11 Å². The van der Waals surface area contributed by atoms with Crippen LogP contribution < -0.4 is 5.32 Å². The third-order valence-corrected chi connectivity index (χ3v) is 3.23. The van der Waals surface area contributed by atoms with Crippen LogP contribution in [0.25, 0.3) is 16.9 Å². The number of aromatic carboxylic acids is 1. The highest BCUT2D eigenvalue weighted by molar-refractivity contribution is 5.89. The van der Waals surface area contributed by atoms with Gasteiger partial charge in [0, 0.05) is 24.4 Å². The number of carbonyl (C=O) groups excluding carboxylic acids is 1. The van der Waals surface area contributed by atoms with E-state index in [0.29, 0.717) is 28.4 Å². The van der Waals surface area contributed by atoms with Crippen LogP contribution in [0.2, 0.25) is 0 Å². The second kappa shape index (κ2) is 5.48. The molecular weight excluding hydrogens is 298 g/mol. The average Bonchev–Trinajstić information content (AvgIpc) is 2.87. The SMILES string of the molecule is CC(=O)Nc1cn2nc(-c3cc(C(=O)O)cnc3C)ccc2n1. The average molecular weight is 311 g/mol. The molecule has 0 unspecified atom stereocenters. The summed E-state index contributed by atoms with van der Waals surface area (Å²) in [4.78, 5) is 30.5. The molecule has 0 fully saturated rings. The van der Waals surface area contributed by atoms with Crippen molar-refractivity contribution in [3.8, 4) is 11.3 Å². The van der Waals surface area contributed by atoms with Crippen LogP contribution in [0.5, 0.6) is 0 Å². The Bertz CT molecular complexity index is 932. The number of rotatable bonds is 3. The van der Waals surface area contributed by atoms with E-state index in [9.17, 15) is 9.59 Å². The molecule has 3 heterocycles. The number of aromatic nitrogens is 4.